The molecule has 0 saturated heterocycles. The Balaban J connectivity index is 2.06. The Morgan fingerprint density at radius 3 is 2.68 bits per heavy atom. The van der Waals surface area contributed by atoms with Crippen molar-refractivity contribution in [2.24, 2.45) is 0 Å². The number of methoxy groups -OCH3 is 1. The van der Waals surface area contributed by atoms with E-state index in [9.17, 15) is 0 Å². The third-order valence-electron chi connectivity index (χ3n) is 3.14. The maximum atomic E-state index is 5.17. The molecule has 19 heavy (non-hydrogen) atoms. The highest BCUT2D eigenvalue weighted by molar-refractivity contribution is 5.35. The maximum absolute atomic E-state index is 5.17. The third-order valence-corrected chi connectivity index (χ3v) is 3.14. The molecule has 0 radical (unpaired) electrons. The van der Waals surface area contributed by atoms with Crippen molar-refractivity contribution in [1.82, 2.24) is 9.55 Å². The van der Waals surface area contributed by atoms with Gasteiger partial charge in [0, 0.05) is 18.9 Å². The van der Waals surface area contributed by atoms with Gasteiger partial charge in [-0.2, -0.15) is 0 Å². The van der Waals surface area contributed by atoms with Gasteiger partial charge in [0.25, 0.3) is 0 Å². The lowest BCUT2D eigenvalue weighted by atomic mass is 10.1. The van der Waals surface area contributed by atoms with Gasteiger partial charge in [0.2, 0.25) is 5.95 Å². The summed E-state index contributed by atoms with van der Waals surface area (Å²) in [5, 5.41) is 3.44. The Bertz CT molecular complexity index is 504. The monoisotopic (exact) mass is 259 g/mol. The fraction of sp³-hybridized carbons (Fsp3) is 0.400. The molecule has 0 aliphatic carbocycles. The molecule has 4 nitrogen and oxygen atoms in total. The summed E-state index contributed by atoms with van der Waals surface area (Å²) in [5.41, 5.74) is 1.21. The quantitative estimate of drug-likeness (QED) is 0.863. The Labute approximate surface area is 114 Å². The molecule has 102 valence electrons. The minimum absolute atomic E-state index is 0.212. The lowest BCUT2D eigenvalue weighted by molar-refractivity contribution is 0.414. The zero-order valence-electron chi connectivity index (χ0n) is 11.8. The van der Waals surface area contributed by atoms with Crippen molar-refractivity contribution in [3.8, 4) is 5.75 Å². The Kier molecular flexibility index (Phi) is 4.44. The van der Waals surface area contributed by atoms with Gasteiger partial charge in [-0.1, -0.05) is 19.1 Å². The summed E-state index contributed by atoms with van der Waals surface area (Å²) in [5.74, 6) is 1.80. The number of nitrogens with zero attached hydrogens (tertiary/aromatic N) is 2. The predicted octanol–water partition coefficient (Wildman–Crippen LogP) is 3.47. The number of hydrogen-bond donors (Lipinski definition) is 1. The van der Waals surface area contributed by atoms with Crippen LogP contribution in [0.1, 0.15) is 31.9 Å². The van der Waals surface area contributed by atoms with Gasteiger partial charge in [0.1, 0.15) is 5.75 Å². The van der Waals surface area contributed by atoms with Gasteiger partial charge in [-0.15, -0.1) is 0 Å². The maximum Gasteiger partial charge on any atom is 0.203 e. The topological polar surface area (TPSA) is 39.1 Å². The largest absolute Gasteiger partial charge is 0.497 e. The van der Waals surface area contributed by atoms with Gasteiger partial charge in [0.05, 0.1) is 13.2 Å². The predicted molar refractivity (Wildman–Crippen MR) is 77.5 cm³/mol. The van der Waals surface area contributed by atoms with Crippen molar-refractivity contribution < 1.29 is 4.74 Å². The van der Waals surface area contributed by atoms with Crippen molar-refractivity contribution >= 4 is 5.95 Å². The summed E-state index contributed by atoms with van der Waals surface area (Å²) in [4.78, 5) is 4.36. The van der Waals surface area contributed by atoms with Crippen LogP contribution >= 0.6 is 0 Å². The Morgan fingerprint density at radius 2 is 2.05 bits per heavy atom. The van der Waals surface area contributed by atoms with E-state index in [1.54, 1.807) is 7.11 Å². The van der Waals surface area contributed by atoms with Crippen molar-refractivity contribution in [2.75, 3.05) is 12.4 Å². The van der Waals surface area contributed by atoms with Crippen molar-refractivity contribution in [1.29, 1.82) is 0 Å². The first-order valence-electron chi connectivity index (χ1n) is 6.66. The summed E-state index contributed by atoms with van der Waals surface area (Å²) in [6, 6.07) is 8.31. The van der Waals surface area contributed by atoms with Crippen LogP contribution in [-0.2, 0) is 6.54 Å². The molecule has 0 spiro atoms. The minimum atomic E-state index is 0.212. The number of hydrogen-bond acceptors (Lipinski definition) is 3. The minimum Gasteiger partial charge on any atom is -0.497 e. The number of benzene rings is 1. The van der Waals surface area contributed by atoms with Crippen LogP contribution in [0.25, 0.3) is 0 Å². The van der Waals surface area contributed by atoms with E-state index in [2.05, 4.69) is 40.8 Å². The van der Waals surface area contributed by atoms with Gasteiger partial charge < -0.3 is 14.6 Å². The summed E-state index contributed by atoms with van der Waals surface area (Å²) < 4.78 is 7.31. The molecule has 0 bridgehead atoms. The van der Waals surface area contributed by atoms with Crippen molar-refractivity contribution in [3.05, 3.63) is 42.2 Å². The molecule has 1 unspecified atom stereocenters. The van der Waals surface area contributed by atoms with Crippen LogP contribution in [0.5, 0.6) is 5.75 Å². The molecule has 1 atom stereocenters. The van der Waals surface area contributed by atoms with Gasteiger partial charge in [-0.25, -0.2) is 4.98 Å². The average Bonchev–Trinajstić information content (AvgIpc) is 2.86. The summed E-state index contributed by atoms with van der Waals surface area (Å²) in [6.07, 6.45) is 4.94. The lowest BCUT2D eigenvalue weighted by Gasteiger charge is -2.16. The van der Waals surface area contributed by atoms with Crippen LogP contribution in [0.2, 0.25) is 0 Å². The fourth-order valence-corrected chi connectivity index (χ4v) is 2.04. The molecule has 0 fully saturated rings. The standard InChI is InChI=1S/C15H21N3O/c1-4-10-18-11-9-16-15(18)17-12(2)13-5-7-14(19-3)8-6-13/h5-9,11-12H,4,10H2,1-3H3,(H,16,17). The number of imidazole rings is 1. The SMILES string of the molecule is CCCn1ccnc1NC(C)c1ccc(OC)cc1. The first-order chi connectivity index (χ1) is 9.24. The van der Waals surface area contributed by atoms with E-state index in [1.807, 2.05) is 24.5 Å². The van der Waals surface area contributed by atoms with Crippen LogP contribution in [0, 0.1) is 0 Å². The molecule has 0 aliphatic rings. The molecular weight excluding hydrogens is 238 g/mol. The number of anilines is 1. The normalized spacial score (nSPS) is 12.2. The Morgan fingerprint density at radius 1 is 1.32 bits per heavy atom. The van der Waals surface area contributed by atoms with Gasteiger partial charge in [0.15, 0.2) is 0 Å². The smallest absolute Gasteiger partial charge is 0.203 e. The molecule has 1 aromatic heterocycles. The van der Waals surface area contributed by atoms with E-state index in [4.69, 9.17) is 4.74 Å². The number of aromatic nitrogens is 2. The number of ether oxygens (including phenoxy) is 1. The lowest BCUT2D eigenvalue weighted by Crippen LogP contribution is -2.11. The van der Waals surface area contributed by atoms with E-state index in [-0.39, 0.29) is 6.04 Å². The molecule has 1 N–H and O–H groups in total. The first kappa shape index (κ1) is 13.5. The van der Waals surface area contributed by atoms with Gasteiger partial charge >= 0.3 is 0 Å². The molecular formula is C15H21N3O. The van der Waals surface area contributed by atoms with E-state index in [1.165, 1.54) is 5.56 Å². The van der Waals surface area contributed by atoms with E-state index in [0.29, 0.717) is 0 Å². The van der Waals surface area contributed by atoms with E-state index in [0.717, 1.165) is 24.7 Å². The summed E-state index contributed by atoms with van der Waals surface area (Å²) in [6.45, 7) is 5.28. The van der Waals surface area contributed by atoms with Gasteiger partial charge in [-0.05, 0) is 31.0 Å². The molecule has 1 heterocycles. The van der Waals surface area contributed by atoms with Crippen molar-refractivity contribution in [2.45, 2.75) is 32.9 Å². The van der Waals surface area contributed by atoms with Gasteiger partial charge in [-0.3, -0.25) is 0 Å². The second-order valence-electron chi connectivity index (χ2n) is 4.58. The van der Waals surface area contributed by atoms with E-state index < -0.39 is 0 Å². The third kappa shape index (κ3) is 3.28. The zero-order valence-corrected chi connectivity index (χ0v) is 11.8. The van der Waals surface area contributed by atoms with Crippen LogP contribution in [-0.4, -0.2) is 16.7 Å². The second-order valence-corrected chi connectivity index (χ2v) is 4.58. The van der Waals surface area contributed by atoms with Crippen LogP contribution in [0.3, 0.4) is 0 Å². The molecule has 0 saturated carbocycles. The van der Waals surface area contributed by atoms with Crippen molar-refractivity contribution in [3.63, 3.8) is 0 Å². The highest BCUT2D eigenvalue weighted by Crippen LogP contribution is 2.20. The molecule has 1 aromatic carbocycles. The van der Waals surface area contributed by atoms with Crippen LogP contribution < -0.4 is 10.1 Å². The van der Waals surface area contributed by atoms with E-state index >= 15 is 0 Å². The Hall–Kier alpha value is -1.97. The first-order valence-corrected chi connectivity index (χ1v) is 6.66. The fourth-order valence-electron chi connectivity index (χ4n) is 2.04. The molecule has 0 aliphatic heterocycles. The van der Waals surface area contributed by atoms with Crippen LogP contribution in [0.15, 0.2) is 36.7 Å². The number of rotatable bonds is 6. The highest BCUT2D eigenvalue weighted by Gasteiger charge is 2.09. The number of aryl methyl sites for hydroxylation is 1. The average molecular weight is 259 g/mol. The molecule has 2 rings (SSSR count). The highest BCUT2D eigenvalue weighted by atomic mass is 16.5. The molecule has 0 amide bonds. The number of nitrogens with one attached hydrogen (secondary N) is 1. The summed E-state index contributed by atoms with van der Waals surface area (Å²) >= 11 is 0. The second kappa shape index (κ2) is 6.27. The summed E-state index contributed by atoms with van der Waals surface area (Å²) in [7, 11) is 1.68. The molecule has 2 aromatic rings. The van der Waals surface area contributed by atoms with Crippen LogP contribution in [0.4, 0.5) is 5.95 Å². The zero-order chi connectivity index (χ0) is 13.7. The molecule has 4 heteroatoms.